The van der Waals surface area contributed by atoms with Gasteiger partial charge in [0, 0.05) is 29.3 Å². The quantitative estimate of drug-likeness (QED) is 0.555. The molecule has 0 spiro atoms. The van der Waals surface area contributed by atoms with Crippen molar-refractivity contribution in [2.24, 2.45) is 5.92 Å². The fourth-order valence-electron chi connectivity index (χ4n) is 3.58. The van der Waals surface area contributed by atoms with Crippen LogP contribution < -0.4 is 5.32 Å². The number of sulfonamides is 1. The number of aromatic nitrogens is 2. The fraction of sp³-hybridized carbons (Fsp3) is 0.450. The summed E-state index contributed by atoms with van der Waals surface area (Å²) in [7, 11) is -3.72. The van der Waals surface area contributed by atoms with Crippen molar-refractivity contribution in [3.8, 4) is 10.7 Å². The second-order valence-corrected chi connectivity index (χ2v) is 11.6. The minimum atomic E-state index is -3.72. The van der Waals surface area contributed by atoms with Crippen molar-refractivity contribution in [1.29, 1.82) is 0 Å². The summed E-state index contributed by atoms with van der Waals surface area (Å²) >= 11 is 2.91. The first-order valence-electron chi connectivity index (χ1n) is 10.1. The third-order valence-corrected chi connectivity index (χ3v) is 9.30. The number of thiophene rings is 2. The molecule has 8 nitrogen and oxygen atoms in total. The number of rotatable bonds is 7. The fourth-order valence-corrected chi connectivity index (χ4v) is 7.23. The first-order valence-corrected chi connectivity index (χ1v) is 13.3. The summed E-state index contributed by atoms with van der Waals surface area (Å²) in [5.41, 5.74) is 0. The van der Waals surface area contributed by atoms with Gasteiger partial charge >= 0.3 is 0 Å². The Hall–Kier alpha value is -2.08. The first-order chi connectivity index (χ1) is 14.9. The van der Waals surface area contributed by atoms with Gasteiger partial charge in [-0.3, -0.25) is 4.79 Å². The van der Waals surface area contributed by atoms with Gasteiger partial charge in [-0.25, -0.2) is 8.42 Å². The van der Waals surface area contributed by atoms with E-state index in [9.17, 15) is 13.2 Å². The summed E-state index contributed by atoms with van der Waals surface area (Å²) < 4.78 is 33.3. The van der Waals surface area contributed by atoms with E-state index in [0.717, 1.165) is 4.88 Å². The van der Waals surface area contributed by atoms with Crippen molar-refractivity contribution in [2.75, 3.05) is 13.1 Å². The molecule has 3 aromatic rings. The lowest BCUT2D eigenvalue weighted by atomic mass is 9.99. The SMILES string of the molecule is CCc1nc(-c2cc(S(=O)(=O)N3CCC[C@@H](C(=O)NCc4cccs4)C3)c(C)s2)no1. The Labute approximate surface area is 189 Å². The number of carbonyl (C=O) groups excluding carboxylic acids is 1. The van der Waals surface area contributed by atoms with E-state index < -0.39 is 10.0 Å². The van der Waals surface area contributed by atoms with Gasteiger partial charge in [0.2, 0.25) is 27.6 Å². The van der Waals surface area contributed by atoms with Crippen LogP contribution in [0, 0.1) is 12.8 Å². The number of hydrogen-bond donors (Lipinski definition) is 1. The molecule has 1 N–H and O–H groups in total. The van der Waals surface area contributed by atoms with Crippen LogP contribution >= 0.6 is 22.7 Å². The third-order valence-electron chi connectivity index (χ3n) is 5.25. The molecular formula is C20H24N4O4S3. The summed E-state index contributed by atoms with van der Waals surface area (Å²) in [6, 6.07) is 5.52. The Morgan fingerprint density at radius 2 is 2.26 bits per heavy atom. The number of aryl methyl sites for hydroxylation is 2. The van der Waals surface area contributed by atoms with Crippen molar-refractivity contribution in [3.63, 3.8) is 0 Å². The maximum Gasteiger partial charge on any atom is 0.244 e. The van der Waals surface area contributed by atoms with Crippen molar-refractivity contribution in [2.45, 2.75) is 44.6 Å². The van der Waals surface area contributed by atoms with Gasteiger partial charge in [-0.15, -0.1) is 22.7 Å². The largest absolute Gasteiger partial charge is 0.351 e. The molecule has 0 saturated carbocycles. The Balaban J connectivity index is 1.48. The zero-order valence-electron chi connectivity index (χ0n) is 17.3. The molecule has 4 heterocycles. The maximum atomic E-state index is 13.4. The van der Waals surface area contributed by atoms with Gasteiger partial charge in [-0.2, -0.15) is 9.29 Å². The van der Waals surface area contributed by atoms with Gasteiger partial charge in [0.25, 0.3) is 0 Å². The summed E-state index contributed by atoms with van der Waals surface area (Å²) in [6.45, 7) is 4.75. The molecule has 0 radical (unpaired) electrons. The number of amides is 1. The van der Waals surface area contributed by atoms with Crippen molar-refractivity contribution in [3.05, 3.63) is 39.2 Å². The molecule has 31 heavy (non-hydrogen) atoms. The number of carbonyl (C=O) groups is 1. The molecule has 4 rings (SSSR count). The van der Waals surface area contributed by atoms with Crippen molar-refractivity contribution in [1.82, 2.24) is 19.8 Å². The van der Waals surface area contributed by atoms with Crippen molar-refractivity contribution < 1.29 is 17.7 Å². The molecular weight excluding hydrogens is 456 g/mol. The van der Waals surface area contributed by atoms with Gasteiger partial charge in [0.15, 0.2) is 0 Å². The zero-order chi connectivity index (χ0) is 22.0. The molecule has 1 atom stereocenters. The van der Waals surface area contributed by atoms with Gasteiger partial charge in [0.05, 0.1) is 22.2 Å². The van der Waals surface area contributed by atoms with Crippen LogP contribution in [0.15, 0.2) is 33.0 Å². The smallest absolute Gasteiger partial charge is 0.244 e. The molecule has 1 amide bonds. The standard InChI is InChI=1S/C20H24N4O4S3/c1-3-18-22-19(23-28-18)16-10-17(13(2)30-16)31(26,27)24-8-4-6-14(12-24)20(25)21-11-15-7-5-9-29-15/h5,7,9-10,14H,3-4,6,8,11-12H2,1-2H3,(H,21,25)/t14-/m1/s1. The maximum absolute atomic E-state index is 13.4. The highest BCUT2D eigenvalue weighted by molar-refractivity contribution is 7.89. The van der Waals surface area contributed by atoms with E-state index in [1.54, 1.807) is 24.3 Å². The van der Waals surface area contributed by atoms with E-state index in [2.05, 4.69) is 15.5 Å². The normalized spacial score (nSPS) is 17.7. The minimum Gasteiger partial charge on any atom is -0.351 e. The van der Waals surface area contributed by atoms with Crippen LogP contribution in [0.1, 0.15) is 35.4 Å². The van der Waals surface area contributed by atoms with Gasteiger partial charge in [-0.05, 0) is 37.3 Å². The monoisotopic (exact) mass is 480 g/mol. The highest BCUT2D eigenvalue weighted by atomic mass is 32.2. The van der Waals surface area contributed by atoms with Crippen LogP contribution in [0.4, 0.5) is 0 Å². The van der Waals surface area contributed by atoms with Crippen LogP contribution in [0.25, 0.3) is 10.7 Å². The molecule has 1 aliphatic rings. The molecule has 166 valence electrons. The first kappa shape index (κ1) is 22.1. The lowest BCUT2D eigenvalue weighted by Crippen LogP contribution is -2.45. The van der Waals surface area contributed by atoms with E-state index >= 15 is 0 Å². The van der Waals surface area contributed by atoms with Crippen molar-refractivity contribution >= 4 is 38.6 Å². The number of nitrogens with one attached hydrogen (secondary N) is 1. The Morgan fingerprint density at radius 3 is 2.97 bits per heavy atom. The molecule has 0 aromatic carbocycles. The van der Waals surface area contributed by atoms with Crippen LogP contribution in [0.5, 0.6) is 0 Å². The van der Waals surface area contributed by atoms with Crippen LogP contribution in [0.3, 0.4) is 0 Å². The van der Waals surface area contributed by atoms with E-state index in [-0.39, 0.29) is 23.3 Å². The minimum absolute atomic E-state index is 0.102. The van der Waals surface area contributed by atoms with Gasteiger partial charge in [-0.1, -0.05) is 18.1 Å². The third kappa shape index (κ3) is 4.74. The predicted molar refractivity (Wildman–Crippen MR) is 119 cm³/mol. The molecule has 0 bridgehead atoms. The predicted octanol–water partition coefficient (Wildman–Crippen LogP) is 3.45. The molecule has 0 unspecified atom stereocenters. The molecule has 1 saturated heterocycles. The second kappa shape index (κ2) is 9.19. The van der Waals surface area contributed by atoms with Gasteiger partial charge < -0.3 is 9.84 Å². The molecule has 3 aromatic heterocycles. The Morgan fingerprint density at radius 1 is 1.42 bits per heavy atom. The van der Waals surface area contributed by atoms with Crippen LogP contribution in [-0.4, -0.2) is 41.9 Å². The number of nitrogens with zero attached hydrogens (tertiary/aromatic N) is 3. The summed E-state index contributed by atoms with van der Waals surface area (Å²) in [5, 5.41) is 8.85. The average molecular weight is 481 g/mol. The van der Waals surface area contributed by atoms with Crippen LogP contribution in [-0.2, 0) is 27.8 Å². The summed E-state index contributed by atoms with van der Waals surface area (Å²) in [6.07, 6.45) is 1.95. The Kier molecular flexibility index (Phi) is 6.56. The van der Waals surface area contributed by atoms with E-state index in [1.807, 2.05) is 24.4 Å². The highest BCUT2D eigenvalue weighted by Gasteiger charge is 2.35. The van der Waals surface area contributed by atoms with Gasteiger partial charge in [0.1, 0.15) is 0 Å². The number of piperidine rings is 1. The highest BCUT2D eigenvalue weighted by Crippen LogP contribution is 2.35. The zero-order valence-corrected chi connectivity index (χ0v) is 19.8. The average Bonchev–Trinajstić information content (AvgIpc) is 3.52. The van der Waals surface area contributed by atoms with Crippen LogP contribution in [0.2, 0.25) is 0 Å². The van der Waals surface area contributed by atoms with E-state index in [4.69, 9.17) is 4.52 Å². The molecule has 11 heteroatoms. The van der Waals surface area contributed by atoms with E-state index in [1.165, 1.54) is 15.6 Å². The topological polar surface area (TPSA) is 105 Å². The molecule has 0 aliphatic carbocycles. The molecule has 1 fully saturated rings. The Bertz CT molecular complexity index is 1150. The molecule has 1 aliphatic heterocycles. The summed E-state index contributed by atoms with van der Waals surface area (Å²) in [4.78, 5) is 19.6. The second-order valence-electron chi connectivity index (χ2n) is 7.40. The van der Waals surface area contributed by atoms with E-state index in [0.29, 0.717) is 53.8 Å². The lowest BCUT2D eigenvalue weighted by molar-refractivity contribution is -0.126. The number of hydrogen-bond acceptors (Lipinski definition) is 8. The lowest BCUT2D eigenvalue weighted by Gasteiger charge is -2.31. The summed E-state index contributed by atoms with van der Waals surface area (Å²) in [5.74, 6) is 0.454.